The molecule has 38 heavy (non-hydrogen) atoms. The number of nitrogens with zero attached hydrogens (tertiary/aromatic N) is 2. The smallest absolute Gasteiger partial charge is 0.227 e. The maximum Gasteiger partial charge on any atom is 0.227 e. The Morgan fingerprint density at radius 2 is 1.32 bits per heavy atom. The Morgan fingerprint density at radius 3 is 2.08 bits per heavy atom. The summed E-state index contributed by atoms with van der Waals surface area (Å²) in [5.41, 5.74) is 10.0. The van der Waals surface area contributed by atoms with Crippen molar-refractivity contribution in [3.63, 3.8) is 0 Å². The van der Waals surface area contributed by atoms with Crippen molar-refractivity contribution in [3.8, 4) is 28.3 Å². The van der Waals surface area contributed by atoms with Crippen LogP contribution in [0.5, 0.6) is 0 Å². The van der Waals surface area contributed by atoms with Crippen LogP contribution >= 0.6 is 0 Å². The molecule has 7 rings (SSSR count). The van der Waals surface area contributed by atoms with Gasteiger partial charge in [-0.3, -0.25) is 0 Å². The van der Waals surface area contributed by atoms with Gasteiger partial charge in [0.2, 0.25) is 5.89 Å². The van der Waals surface area contributed by atoms with Crippen LogP contribution in [0.15, 0.2) is 120 Å². The number of hydrogen-bond donors (Lipinski definition) is 0. The molecule has 0 saturated carbocycles. The first kappa shape index (κ1) is 22.6. The predicted molar refractivity (Wildman–Crippen MR) is 158 cm³/mol. The van der Waals surface area contributed by atoms with Gasteiger partial charge in [-0.25, -0.2) is 4.98 Å². The normalized spacial score (nSPS) is 11.8. The first-order chi connectivity index (χ1) is 18.6. The van der Waals surface area contributed by atoms with Crippen LogP contribution in [0.3, 0.4) is 0 Å². The third kappa shape index (κ3) is 3.88. The van der Waals surface area contributed by atoms with E-state index in [9.17, 15) is 0 Å². The van der Waals surface area contributed by atoms with Crippen LogP contribution in [0, 0.1) is 5.92 Å². The Balaban J connectivity index is 1.24. The Labute approximate surface area is 222 Å². The lowest BCUT2D eigenvalue weighted by atomic mass is 10.0. The van der Waals surface area contributed by atoms with Gasteiger partial charge in [-0.2, -0.15) is 0 Å². The molecule has 2 heterocycles. The van der Waals surface area contributed by atoms with E-state index in [2.05, 4.69) is 114 Å². The zero-order valence-electron chi connectivity index (χ0n) is 21.6. The molecule has 0 radical (unpaired) electrons. The molecule has 0 amide bonds. The van der Waals surface area contributed by atoms with Gasteiger partial charge >= 0.3 is 0 Å². The van der Waals surface area contributed by atoms with Gasteiger partial charge in [0.25, 0.3) is 0 Å². The molecule has 3 heteroatoms. The zero-order valence-corrected chi connectivity index (χ0v) is 21.6. The van der Waals surface area contributed by atoms with Crippen molar-refractivity contribution in [1.29, 1.82) is 0 Å². The summed E-state index contributed by atoms with van der Waals surface area (Å²) < 4.78 is 8.32. The van der Waals surface area contributed by atoms with E-state index in [0.29, 0.717) is 11.8 Å². The highest BCUT2D eigenvalue weighted by molar-refractivity contribution is 6.09. The number of para-hydroxylation sites is 3. The van der Waals surface area contributed by atoms with Crippen molar-refractivity contribution >= 4 is 32.9 Å². The molecular formula is C35H28N2O. The first-order valence-corrected chi connectivity index (χ1v) is 13.2. The summed E-state index contributed by atoms with van der Waals surface area (Å²) in [7, 11) is 0. The van der Waals surface area contributed by atoms with Gasteiger partial charge < -0.3 is 8.98 Å². The molecule has 184 valence electrons. The zero-order chi connectivity index (χ0) is 25.6. The molecular weight excluding hydrogens is 464 g/mol. The highest BCUT2D eigenvalue weighted by atomic mass is 16.3. The van der Waals surface area contributed by atoms with Gasteiger partial charge in [-0.05, 0) is 83.6 Å². The lowest BCUT2D eigenvalue weighted by Gasteiger charge is -2.10. The molecule has 0 saturated heterocycles. The molecule has 0 bridgehead atoms. The summed E-state index contributed by atoms with van der Waals surface area (Å²) in [4.78, 5) is 4.63. The molecule has 3 nitrogen and oxygen atoms in total. The van der Waals surface area contributed by atoms with E-state index in [1.165, 1.54) is 38.6 Å². The van der Waals surface area contributed by atoms with E-state index in [4.69, 9.17) is 4.42 Å². The Morgan fingerprint density at radius 1 is 0.658 bits per heavy atom. The minimum atomic E-state index is 0.636. The van der Waals surface area contributed by atoms with E-state index < -0.39 is 0 Å². The summed E-state index contributed by atoms with van der Waals surface area (Å²) in [5, 5.41) is 2.62. The summed E-state index contributed by atoms with van der Waals surface area (Å²) in [6, 6.07) is 40.8. The molecule has 7 aromatic rings. The Kier molecular flexibility index (Phi) is 5.36. The molecule has 5 aromatic carbocycles. The van der Waals surface area contributed by atoms with E-state index in [1.807, 2.05) is 24.3 Å². The molecule has 2 aromatic heterocycles. The molecule has 0 spiro atoms. The minimum Gasteiger partial charge on any atom is -0.436 e. The average Bonchev–Trinajstić information content (AvgIpc) is 3.52. The van der Waals surface area contributed by atoms with E-state index in [-0.39, 0.29) is 0 Å². The van der Waals surface area contributed by atoms with Gasteiger partial charge in [0.05, 0.1) is 11.0 Å². The maximum absolute atomic E-state index is 5.94. The Bertz CT molecular complexity index is 1870. The standard InChI is InChI=1S/C35H28N2O/c1-23(2)21-24-11-20-33-30(22-24)29-7-3-5-9-32(29)37(33)28-18-16-26(17-19-28)25-12-14-27(15-13-25)35-36-31-8-4-6-10-34(31)38-35/h3-20,22-23H,21H2,1-2H3. The third-order valence-corrected chi connectivity index (χ3v) is 7.27. The SMILES string of the molecule is CC(C)Cc1ccc2c(c1)c1ccccc1n2-c1ccc(-c2ccc(-c3nc4ccccc4o3)cc2)cc1. The molecule has 0 fully saturated rings. The van der Waals surface area contributed by atoms with Gasteiger partial charge in [-0.15, -0.1) is 0 Å². The number of fused-ring (bicyclic) bond motifs is 4. The monoisotopic (exact) mass is 492 g/mol. The lowest BCUT2D eigenvalue weighted by molar-refractivity contribution is 0.620. The summed E-state index contributed by atoms with van der Waals surface area (Å²) >= 11 is 0. The average molecular weight is 493 g/mol. The largest absolute Gasteiger partial charge is 0.436 e. The summed E-state index contributed by atoms with van der Waals surface area (Å²) in [6.45, 7) is 4.55. The van der Waals surface area contributed by atoms with Crippen LogP contribution in [0.25, 0.3) is 61.2 Å². The molecule has 0 atom stereocenters. The van der Waals surface area contributed by atoms with Crippen LogP contribution in [0.1, 0.15) is 19.4 Å². The second-order valence-corrected chi connectivity index (χ2v) is 10.4. The lowest BCUT2D eigenvalue weighted by Crippen LogP contribution is -1.95. The maximum atomic E-state index is 5.94. The molecule has 0 unspecified atom stereocenters. The van der Waals surface area contributed by atoms with Gasteiger partial charge in [-0.1, -0.05) is 74.5 Å². The highest BCUT2D eigenvalue weighted by Gasteiger charge is 2.13. The van der Waals surface area contributed by atoms with Crippen LogP contribution in [0.4, 0.5) is 0 Å². The van der Waals surface area contributed by atoms with Crippen LogP contribution < -0.4 is 0 Å². The molecule has 0 N–H and O–H groups in total. The fraction of sp³-hybridized carbons (Fsp3) is 0.114. The second kappa shape index (κ2) is 9.04. The van der Waals surface area contributed by atoms with Crippen molar-refractivity contribution in [2.45, 2.75) is 20.3 Å². The van der Waals surface area contributed by atoms with E-state index >= 15 is 0 Å². The molecule has 0 aliphatic carbocycles. The van der Waals surface area contributed by atoms with Gasteiger partial charge in [0, 0.05) is 22.0 Å². The third-order valence-electron chi connectivity index (χ3n) is 7.27. The van der Waals surface area contributed by atoms with Crippen LogP contribution in [-0.4, -0.2) is 9.55 Å². The minimum absolute atomic E-state index is 0.636. The van der Waals surface area contributed by atoms with Crippen molar-refractivity contribution in [2.75, 3.05) is 0 Å². The second-order valence-electron chi connectivity index (χ2n) is 10.4. The topological polar surface area (TPSA) is 31.0 Å². The quantitative estimate of drug-likeness (QED) is 0.240. The fourth-order valence-corrected chi connectivity index (χ4v) is 5.50. The van der Waals surface area contributed by atoms with Gasteiger partial charge in [0.15, 0.2) is 5.58 Å². The molecule has 0 aliphatic heterocycles. The van der Waals surface area contributed by atoms with Gasteiger partial charge in [0.1, 0.15) is 5.52 Å². The van der Waals surface area contributed by atoms with E-state index in [1.54, 1.807) is 0 Å². The number of hydrogen-bond acceptors (Lipinski definition) is 2. The fourth-order valence-electron chi connectivity index (χ4n) is 5.50. The number of benzene rings is 5. The Hall–Kier alpha value is -4.63. The van der Waals surface area contributed by atoms with Crippen molar-refractivity contribution in [1.82, 2.24) is 9.55 Å². The van der Waals surface area contributed by atoms with E-state index in [0.717, 1.165) is 28.6 Å². The molecule has 0 aliphatic rings. The van der Waals surface area contributed by atoms with Crippen LogP contribution in [-0.2, 0) is 6.42 Å². The first-order valence-electron chi connectivity index (χ1n) is 13.2. The van der Waals surface area contributed by atoms with Crippen molar-refractivity contribution in [3.05, 3.63) is 121 Å². The van der Waals surface area contributed by atoms with Crippen molar-refractivity contribution < 1.29 is 4.42 Å². The predicted octanol–water partition coefficient (Wildman–Crippen LogP) is 9.46. The number of rotatable bonds is 5. The van der Waals surface area contributed by atoms with Crippen LogP contribution in [0.2, 0.25) is 0 Å². The summed E-state index contributed by atoms with van der Waals surface area (Å²) in [6.07, 6.45) is 1.09. The number of aromatic nitrogens is 2. The number of oxazole rings is 1. The van der Waals surface area contributed by atoms with Crippen molar-refractivity contribution in [2.24, 2.45) is 5.92 Å². The summed E-state index contributed by atoms with van der Waals surface area (Å²) in [5.74, 6) is 1.29. The highest BCUT2D eigenvalue weighted by Crippen LogP contribution is 2.34.